The quantitative estimate of drug-likeness (QED) is 0.733. The summed E-state index contributed by atoms with van der Waals surface area (Å²) in [7, 11) is 1.87. The fraction of sp³-hybridized carbons (Fsp3) is 0.909. The Bertz CT molecular complexity index is 186. The molecule has 0 fully saturated rings. The molecule has 0 spiro atoms. The van der Waals surface area contributed by atoms with E-state index in [9.17, 15) is 4.79 Å². The SMILES string of the molecule is CCC(CC)N(C)C(=O)C(C)(C)CN. The van der Waals surface area contributed by atoms with Crippen LogP contribution in [-0.2, 0) is 4.79 Å². The zero-order chi connectivity index (χ0) is 11.4. The predicted octanol–water partition coefficient (Wildman–Crippen LogP) is 1.62. The Labute approximate surface area is 87.6 Å². The predicted molar refractivity (Wildman–Crippen MR) is 60.0 cm³/mol. The molecule has 0 rings (SSSR count). The van der Waals surface area contributed by atoms with E-state index in [1.54, 1.807) is 0 Å². The highest BCUT2D eigenvalue weighted by molar-refractivity contribution is 5.82. The van der Waals surface area contributed by atoms with Crippen LogP contribution in [0.15, 0.2) is 0 Å². The van der Waals surface area contributed by atoms with Gasteiger partial charge in [-0.25, -0.2) is 0 Å². The van der Waals surface area contributed by atoms with Gasteiger partial charge in [-0.15, -0.1) is 0 Å². The minimum absolute atomic E-state index is 0.147. The Morgan fingerprint density at radius 1 is 1.36 bits per heavy atom. The van der Waals surface area contributed by atoms with Gasteiger partial charge < -0.3 is 10.6 Å². The van der Waals surface area contributed by atoms with Crippen LogP contribution in [0.25, 0.3) is 0 Å². The van der Waals surface area contributed by atoms with Gasteiger partial charge in [-0.2, -0.15) is 0 Å². The molecule has 2 N–H and O–H groups in total. The van der Waals surface area contributed by atoms with Gasteiger partial charge >= 0.3 is 0 Å². The molecule has 0 aliphatic heterocycles. The van der Waals surface area contributed by atoms with Crippen molar-refractivity contribution in [3.63, 3.8) is 0 Å². The fourth-order valence-electron chi connectivity index (χ4n) is 1.57. The van der Waals surface area contributed by atoms with E-state index in [0.29, 0.717) is 12.6 Å². The van der Waals surface area contributed by atoms with Crippen LogP contribution in [0.4, 0.5) is 0 Å². The van der Waals surface area contributed by atoms with Gasteiger partial charge in [0.15, 0.2) is 0 Å². The van der Waals surface area contributed by atoms with Crippen LogP contribution in [0.5, 0.6) is 0 Å². The first-order valence-electron chi connectivity index (χ1n) is 5.38. The van der Waals surface area contributed by atoms with Gasteiger partial charge in [0.25, 0.3) is 0 Å². The van der Waals surface area contributed by atoms with Gasteiger partial charge in [-0.3, -0.25) is 4.79 Å². The highest BCUT2D eigenvalue weighted by atomic mass is 16.2. The third-order valence-corrected chi connectivity index (χ3v) is 2.90. The molecule has 14 heavy (non-hydrogen) atoms. The molecule has 0 aliphatic carbocycles. The van der Waals surface area contributed by atoms with Gasteiger partial charge in [0.1, 0.15) is 0 Å². The summed E-state index contributed by atoms with van der Waals surface area (Å²) in [6.45, 7) is 8.40. The summed E-state index contributed by atoms with van der Waals surface area (Å²) in [6, 6.07) is 0.341. The average molecular weight is 200 g/mol. The molecule has 0 unspecified atom stereocenters. The van der Waals surface area contributed by atoms with Crippen LogP contribution in [0.2, 0.25) is 0 Å². The van der Waals surface area contributed by atoms with E-state index in [2.05, 4.69) is 13.8 Å². The van der Waals surface area contributed by atoms with Crippen molar-refractivity contribution in [3.05, 3.63) is 0 Å². The smallest absolute Gasteiger partial charge is 0.229 e. The first-order chi connectivity index (χ1) is 6.40. The molecule has 0 atom stereocenters. The summed E-state index contributed by atoms with van der Waals surface area (Å²) < 4.78 is 0. The van der Waals surface area contributed by atoms with Crippen molar-refractivity contribution in [1.29, 1.82) is 0 Å². The zero-order valence-electron chi connectivity index (χ0n) is 10.1. The van der Waals surface area contributed by atoms with Crippen molar-refractivity contribution in [1.82, 2.24) is 4.90 Å². The van der Waals surface area contributed by atoms with Crippen molar-refractivity contribution in [3.8, 4) is 0 Å². The standard InChI is InChI=1S/C11H24N2O/c1-6-9(7-2)13(5)10(14)11(3,4)8-12/h9H,6-8,12H2,1-5H3. The van der Waals surface area contributed by atoms with Crippen LogP contribution in [-0.4, -0.2) is 30.4 Å². The van der Waals surface area contributed by atoms with Crippen molar-refractivity contribution < 1.29 is 4.79 Å². The minimum atomic E-state index is -0.433. The van der Waals surface area contributed by atoms with E-state index in [1.807, 2.05) is 25.8 Å². The molecule has 0 aromatic heterocycles. The van der Waals surface area contributed by atoms with E-state index >= 15 is 0 Å². The largest absolute Gasteiger partial charge is 0.342 e. The molecule has 3 nitrogen and oxygen atoms in total. The summed E-state index contributed by atoms with van der Waals surface area (Å²) in [5, 5.41) is 0. The maximum absolute atomic E-state index is 12.0. The molecule has 84 valence electrons. The number of amides is 1. The fourth-order valence-corrected chi connectivity index (χ4v) is 1.57. The molecule has 0 bridgehead atoms. The van der Waals surface area contributed by atoms with Gasteiger partial charge in [0.2, 0.25) is 5.91 Å². The van der Waals surface area contributed by atoms with E-state index in [0.717, 1.165) is 12.8 Å². The second kappa shape index (κ2) is 5.35. The third-order valence-electron chi connectivity index (χ3n) is 2.90. The second-order valence-corrected chi connectivity index (χ2v) is 4.47. The Balaban J connectivity index is 4.52. The van der Waals surface area contributed by atoms with E-state index in [1.165, 1.54) is 0 Å². The van der Waals surface area contributed by atoms with Crippen molar-refractivity contribution in [2.24, 2.45) is 11.1 Å². The average Bonchev–Trinajstić information content (AvgIpc) is 2.18. The van der Waals surface area contributed by atoms with Crippen LogP contribution in [0.3, 0.4) is 0 Å². The Morgan fingerprint density at radius 2 is 1.79 bits per heavy atom. The molecule has 0 aromatic carbocycles. The molecule has 0 aromatic rings. The normalized spacial score (nSPS) is 11.9. The number of carbonyl (C=O) groups excluding carboxylic acids is 1. The number of nitrogens with two attached hydrogens (primary N) is 1. The van der Waals surface area contributed by atoms with E-state index in [-0.39, 0.29) is 5.91 Å². The summed E-state index contributed by atoms with van der Waals surface area (Å²) in [5.41, 5.74) is 5.15. The minimum Gasteiger partial charge on any atom is -0.342 e. The second-order valence-electron chi connectivity index (χ2n) is 4.47. The molecule has 0 radical (unpaired) electrons. The van der Waals surface area contributed by atoms with Gasteiger partial charge in [-0.05, 0) is 26.7 Å². The Hall–Kier alpha value is -0.570. The number of hydrogen-bond acceptors (Lipinski definition) is 2. The first-order valence-corrected chi connectivity index (χ1v) is 5.38. The molecular formula is C11H24N2O. The van der Waals surface area contributed by atoms with Crippen molar-refractivity contribution in [2.75, 3.05) is 13.6 Å². The maximum atomic E-state index is 12.0. The highest BCUT2D eigenvalue weighted by Crippen LogP contribution is 2.19. The maximum Gasteiger partial charge on any atom is 0.229 e. The Morgan fingerprint density at radius 3 is 2.07 bits per heavy atom. The van der Waals surface area contributed by atoms with Crippen molar-refractivity contribution in [2.45, 2.75) is 46.6 Å². The first kappa shape index (κ1) is 13.4. The molecular weight excluding hydrogens is 176 g/mol. The summed E-state index contributed by atoms with van der Waals surface area (Å²) in [4.78, 5) is 13.8. The molecule has 3 heteroatoms. The number of rotatable bonds is 5. The number of carbonyl (C=O) groups is 1. The van der Waals surface area contributed by atoms with E-state index < -0.39 is 5.41 Å². The van der Waals surface area contributed by atoms with E-state index in [4.69, 9.17) is 5.73 Å². The Kier molecular flexibility index (Phi) is 5.13. The van der Waals surface area contributed by atoms with Crippen LogP contribution >= 0.6 is 0 Å². The van der Waals surface area contributed by atoms with Gasteiger partial charge in [0.05, 0.1) is 5.41 Å². The molecule has 0 aliphatic rings. The summed E-state index contributed by atoms with van der Waals surface area (Å²) in [5.74, 6) is 0.147. The topological polar surface area (TPSA) is 46.3 Å². The molecule has 1 amide bonds. The lowest BCUT2D eigenvalue weighted by Gasteiger charge is -2.33. The molecule has 0 saturated heterocycles. The number of hydrogen-bond donors (Lipinski definition) is 1. The van der Waals surface area contributed by atoms with Crippen molar-refractivity contribution >= 4 is 5.91 Å². The van der Waals surface area contributed by atoms with Gasteiger partial charge in [-0.1, -0.05) is 13.8 Å². The zero-order valence-corrected chi connectivity index (χ0v) is 10.1. The lowest BCUT2D eigenvalue weighted by atomic mass is 9.91. The van der Waals surface area contributed by atoms with Crippen LogP contribution in [0.1, 0.15) is 40.5 Å². The summed E-state index contributed by atoms with van der Waals surface area (Å²) >= 11 is 0. The monoisotopic (exact) mass is 200 g/mol. The molecule has 0 saturated carbocycles. The lowest BCUT2D eigenvalue weighted by molar-refractivity contribution is -0.140. The summed E-state index contributed by atoms with van der Waals surface area (Å²) in [6.07, 6.45) is 2.00. The van der Waals surface area contributed by atoms with Crippen LogP contribution < -0.4 is 5.73 Å². The molecule has 0 heterocycles. The number of nitrogens with zero attached hydrogens (tertiary/aromatic N) is 1. The highest BCUT2D eigenvalue weighted by Gasteiger charge is 2.31. The lowest BCUT2D eigenvalue weighted by Crippen LogP contribution is -2.46. The van der Waals surface area contributed by atoms with Crippen LogP contribution in [0, 0.1) is 5.41 Å². The van der Waals surface area contributed by atoms with Gasteiger partial charge in [0, 0.05) is 19.6 Å². The third kappa shape index (κ3) is 2.98.